The van der Waals surface area contributed by atoms with Gasteiger partial charge in [0.05, 0.1) is 19.8 Å². The zero-order valence-electron chi connectivity index (χ0n) is 33.9. The molecule has 0 aromatic rings. The summed E-state index contributed by atoms with van der Waals surface area (Å²) in [5.41, 5.74) is 0. The minimum Gasteiger partial charge on any atom is -0.457 e. The molecule has 0 saturated carbocycles. The van der Waals surface area contributed by atoms with Gasteiger partial charge in [0, 0.05) is 13.0 Å². The van der Waals surface area contributed by atoms with Crippen LogP contribution in [0.3, 0.4) is 0 Å². The van der Waals surface area contributed by atoms with Gasteiger partial charge in [-0.1, -0.05) is 119 Å². The third-order valence-corrected chi connectivity index (χ3v) is 9.29. The van der Waals surface area contributed by atoms with Crippen molar-refractivity contribution < 1.29 is 56.2 Å². The maximum Gasteiger partial charge on any atom is 0.397 e. The van der Waals surface area contributed by atoms with Crippen LogP contribution in [0.2, 0.25) is 0 Å². The molecule has 56 heavy (non-hydrogen) atoms. The summed E-state index contributed by atoms with van der Waals surface area (Å²) in [6.45, 7) is 3.66. The molecule has 1 aliphatic heterocycles. The van der Waals surface area contributed by atoms with Gasteiger partial charge in [0.1, 0.15) is 30.5 Å². The maximum atomic E-state index is 12.8. The molecule has 0 aliphatic carbocycles. The maximum absolute atomic E-state index is 12.8. The van der Waals surface area contributed by atoms with Crippen LogP contribution >= 0.6 is 0 Å². The lowest BCUT2D eigenvalue weighted by molar-refractivity contribution is -0.301. The monoisotopic (exact) mass is 812 g/mol. The summed E-state index contributed by atoms with van der Waals surface area (Å²) in [5, 5.41) is 30.6. The molecular formula is C43H72O12S. The van der Waals surface area contributed by atoms with Crippen molar-refractivity contribution in [3.8, 4) is 0 Å². The zero-order chi connectivity index (χ0) is 41.1. The molecule has 1 heterocycles. The van der Waals surface area contributed by atoms with Crippen LogP contribution < -0.4 is 0 Å². The minimum absolute atomic E-state index is 0.0106. The standard InChI is InChI=1S/C43H72O12S/c1-3-5-7-9-11-13-15-17-18-19-21-23-25-27-29-31-33-51-35-37(36-52-43-41(47)42(55-56(48,49)50)40(46)38(34-44)54-43)53-39(45)32-30-28-26-24-22-20-16-14-12-10-8-6-4-2/h5-8,11-14,17-18,20,22,37-38,40-44,46-47H,3-4,9-10,15-16,19,21,23-36H2,1-2H3,(H,48,49,50)/b7-5-,8-6-,13-11-,14-12-,18-17-,22-20-. The Bertz CT molecular complexity index is 1260. The zero-order valence-corrected chi connectivity index (χ0v) is 34.7. The summed E-state index contributed by atoms with van der Waals surface area (Å²) in [6, 6.07) is 0. The quantitative estimate of drug-likeness (QED) is 0.0214. The van der Waals surface area contributed by atoms with Gasteiger partial charge in [-0.3, -0.25) is 9.35 Å². The lowest BCUT2D eigenvalue weighted by Crippen LogP contribution is -2.60. The van der Waals surface area contributed by atoms with Gasteiger partial charge in [-0.2, -0.15) is 8.42 Å². The number of ether oxygens (including phenoxy) is 4. The van der Waals surface area contributed by atoms with Gasteiger partial charge in [-0.05, 0) is 77.0 Å². The van der Waals surface area contributed by atoms with E-state index in [0.29, 0.717) is 13.0 Å². The smallest absolute Gasteiger partial charge is 0.397 e. The Morgan fingerprint density at radius 1 is 0.679 bits per heavy atom. The molecule has 4 N–H and O–H groups in total. The fourth-order valence-corrected chi connectivity index (χ4v) is 6.27. The van der Waals surface area contributed by atoms with Crippen LogP contribution in [0.25, 0.3) is 0 Å². The third-order valence-electron chi connectivity index (χ3n) is 8.82. The van der Waals surface area contributed by atoms with Crippen molar-refractivity contribution in [2.24, 2.45) is 0 Å². The summed E-state index contributed by atoms with van der Waals surface area (Å²) < 4.78 is 58.9. The van der Waals surface area contributed by atoms with Gasteiger partial charge in [-0.15, -0.1) is 0 Å². The largest absolute Gasteiger partial charge is 0.457 e. The molecule has 12 nitrogen and oxygen atoms in total. The summed E-state index contributed by atoms with van der Waals surface area (Å²) >= 11 is 0. The molecule has 1 saturated heterocycles. The van der Waals surface area contributed by atoms with E-state index < -0.39 is 59.8 Å². The Morgan fingerprint density at radius 3 is 1.71 bits per heavy atom. The lowest BCUT2D eigenvalue weighted by Gasteiger charge is -2.41. The highest BCUT2D eigenvalue weighted by molar-refractivity contribution is 7.80. The van der Waals surface area contributed by atoms with Crippen molar-refractivity contribution in [2.75, 3.05) is 26.4 Å². The second kappa shape index (κ2) is 34.6. The normalized spacial score (nSPS) is 21.6. The van der Waals surface area contributed by atoms with E-state index in [1.807, 2.05) is 0 Å². The van der Waals surface area contributed by atoms with Crippen LogP contribution in [0.4, 0.5) is 0 Å². The van der Waals surface area contributed by atoms with Gasteiger partial charge in [0.25, 0.3) is 0 Å². The summed E-state index contributed by atoms with van der Waals surface area (Å²) in [7, 11) is -5.07. The third kappa shape index (κ3) is 28.0. The molecule has 322 valence electrons. The molecule has 0 amide bonds. The van der Waals surface area contributed by atoms with E-state index in [0.717, 1.165) is 96.3 Å². The van der Waals surface area contributed by atoms with E-state index in [2.05, 4.69) is 90.9 Å². The minimum atomic E-state index is -5.07. The van der Waals surface area contributed by atoms with Crippen LogP contribution in [-0.4, -0.2) is 97.5 Å². The molecule has 0 radical (unpaired) electrons. The highest BCUT2D eigenvalue weighted by Crippen LogP contribution is 2.26. The molecule has 0 aromatic heterocycles. The Kier molecular flexibility index (Phi) is 31.8. The van der Waals surface area contributed by atoms with Crippen LogP contribution in [0.1, 0.15) is 129 Å². The lowest BCUT2D eigenvalue weighted by atomic mass is 9.99. The Morgan fingerprint density at radius 2 is 1.18 bits per heavy atom. The molecule has 6 atom stereocenters. The second-order valence-corrected chi connectivity index (χ2v) is 14.9. The first-order valence-corrected chi connectivity index (χ1v) is 22.1. The molecule has 0 bridgehead atoms. The molecule has 0 aromatic carbocycles. The van der Waals surface area contributed by atoms with Gasteiger partial charge >= 0.3 is 16.4 Å². The van der Waals surface area contributed by atoms with Gasteiger partial charge < -0.3 is 34.3 Å². The van der Waals surface area contributed by atoms with Crippen molar-refractivity contribution in [2.45, 2.75) is 166 Å². The van der Waals surface area contributed by atoms with E-state index in [4.69, 9.17) is 23.5 Å². The van der Waals surface area contributed by atoms with Gasteiger partial charge in [0.2, 0.25) is 0 Å². The number of carbonyl (C=O) groups excluding carboxylic acids is 1. The van der Waals surface area contributed by atoms with Crippen LogP contribution in [0, 0.1) is 0 Å². The average Bonchev–Trinajstić information content (AvgIpc) is 3.17. The Labute approximate surface area is 337 Å². The van der Waals surface area contributed by atoms with E-state index in [1.54, 1.807) is 0 Å². The van der Waals surface area contributed by atoms with E-state index >= 15 is 0 Å². The Balaban J connectivity index is 2.50. The summed E-state index contributed by atoms with van der Waals surface area (Å²) in [5.74, 6) is -0.438. The van der Waals surface area contributed by atoms with Crippen LogP contribution in [0.15, 0.2) is 72.9 Å². The number of aliphatic hydroxyl groups excluding tert-OH is 3. The predicted molar refractivity (Wildman–Crippen MR) is 220 cm³/mol. The molecular weight excluding hydrogens is 741 g/mol. The predicted octanol–water partition coefficient (Wildman–Crippen LogP) is 7.96. The van der Waals surface area contributed by atoms with E-state index in [-0.39, 0.29) is 19.6 Å². The van der Waals surface area contributed by atoms with Gasteiger partial charge in [0.15, 0.2) is 6.29 Å². The summed E-state index contributed by atoms with van der Waals surface area (Å²) in [6.07, 6.45) is 33.7. The molecule has 13 heteroatoms. The number of esters is 1. The molecule has 6 unspecified atom stereocenters. The molecule has 1 aliphatic rings. The molecule has 1 fully saturated rings. The number of unbranched alkanes of at least 4 members (excludes halogenated alkanes) is 9. The van der Waals surface area contributed by atoms with Crippen molar-refractivity contribution in [1.82, 2.24) is 0 Å². The van der Waals surface area contributed by atoms with Crippen molar-refractivity contribution in [3.05, 3.63) is 72.9 Å². The molecule has 1 rings (SSSR count). The van der Waals surface area contributed by atoms with Crippen molar-refractivity contribution in [1.29, 1.82) is 0 Å². The van der Waals surface area contributed by atoms with Crippen LogP contribution in [-0.2, 0) is 38.3 Å². The first-order chi connectivity index (χ1) is 27.1. The number of allylic oxidation sites excluding steroid dienone is 12. The number of hydrogen-bond acceptors (Lipinski definition) is 11. The Hall–Kier alpha value is -2.46. The number of carbonyl (C=O) groups is 1. The van der Waals surface area contributed by atoms with Gasteiger partial charge in [-0.25, -0.2) is 4.18 Å². The first-order valence-electron chi connectivity index (χ1n) is 20.7. The highest BCUT2D eigenvalue weighted by atomic mass is 32.3. The van der Waals surface area contributed by atoms with E-state index in [9.17, 15) is 28.5 Å². The molecule has 0 spiro atoms. The topological polar surface area (TPSA) is 178 Å². The summed E-state index contributed by atoms with van der Waals surface area (Å²) in [4.78, 5) is 12.8. The van der Waals surface area contributed by atoms with Crippen molar-refractivity contribution in [3.63, 3.8) is 0 Å². The fraction of sp³-hybridized carbons (Fsp3) is 0.698. The second-order valence-electron chi connectivity index (χ2n) is 13.8. The first kappa shape index (κ1) is 51.6. The number of aliphatic hydroxyl groups is 3. The van der Waals surface area contributed by atoms with Crippen LogP contribution in [0.5, 0.6) is 0 Å². The average molecular weight is 813 g/mol. The van der Waals surface area contributed by atoms with E-state index in [1.165, 1.54) is 6.42 Å². The SMILES string of the molecule is CC/C=C\C/C=C\C/C=C\CCCCCCCCOCC(COC1OC(CO)C(O)C(OS(=O)(=O)O)C1O)OC(=O)CCCCC/C=C\C/C=C\C/C=C\CC. The number of hydrogen-bond donors (Lipinski definition) is 4. The number of rotatable bonds is 34. The fourth-order valence-electron chi connectivity index (χ4n) is 5.76. The highest BCUT2D eigenvalue weighted by Gasteiger charge is 2.48. The van der Waals surface area contributed by atoms with Crippen molar-refractivity contribution >= 4 is 16.4 Å².